The van der Waals surface area contributed by atoms with E-state index in [-0.39, 0.29) is 0 Å². The molecule has 1 N–H and O–H groups in total. The minimum atomic E-state index is 0.672. The molecule has 0 aliphatic heterocycles. The summed E-state index contributed by atoms with van der Waals surface area (Å²) in [5.74, 6) is 2.30. The fourth-order valence-corrected chi connectivity index (χ4v) is 2.65. The maximum atomic E-state index is 4.54. The second kappa shape index (κ2) is 7.14. The van der Waals surface area contributed by atoms with E-state index >= 15 is 0 Å². The summed E-state index contributed by atoms with van der Waals surface area (Å²) >= 11 is 1.59. The van der Waals surface area contributed by atoms with Crippen molar-refractivity contribution >= 4 is 17.6 Å². The Balaban J connectivity index is 1.62. The summed E-state index contributed by atoms with van der Waals surface area (Å²) < 4.78 is 1.65. The van der Waals surface area contributed by atoms with Gasteiger partial charge in [0, 0.05) is 49.1 Å². The molecule has 0 saturated heterocycles. The van der Waals surface area contributed by atoms with E-state index in [1.165, 1.54) is 0 Å². The van der Waals surface area contributed by atoms with Gasteiger partial charge in [-0.05, 0) is 29.5 Å². The van der Waals surface area contributed by atoms with Crippen LogP contribution in [0, 0.1) is 6.92 Å². The zero-order valence-corrected chi connectivity index (χ0v) is 13.7. The molecule has 118 valence electrons. The largest absolute Gasteiger partial charge is 0.369 e. The van der Waals surface area contributed by atoms with Gasteiger partial charge in [0.2, 0.25) is 5.16 Å². The number of thioether (sulfide) groups is 1. The Morgan fingerprint density at radius 1 is 1.30 bits per heavy atom. The fraction of sp³-hybridized carbons (Fsp3) is 0.286. The van der Waals surface area contributed by atoms with Crippen molar-refractivity contribution in [3.8, 4) is 11.4 Å². The molecule has 8 nitrogen and oxygen atoms in total. The molecule has 0 aliphatic rings. The van der Waals surface area contributed by atoms with Gasteiger partial charge in [0.15, 0.2) is 5.82 Å². The van der Waals surface area contributed by atoms with Crippen LogP contribution in [0.15, 0.2) is 35.7 Å². The number of pyridine rings is 1. The molecule has 0 aliphatic carbocycles. The molecule has 3 rings (SSSR count). The van der Waals surface area contributed by atoms with Gasteiger partial charge in [-0.3, -0.25) is 4.98 Å². The lowest BCUT2D eigenvalue weighted by molar-refractivity contribution is 0.664. The third-order valence-corrected chi connectivity index (χ3v) is 4.01. The molecule has 0 bridgehead atoms. The molecule has 0 unspecified atom stereocenters. The number of aryl methyl sites for hydroxylation is 2. The molecule has 3 aromatic heterocycles. The average Bonchev–Trinajstić information content (AvgIpc) is 2.97. The number of nitrogens with one attached hydrogen (secondary N) is 1. The molecule has 0 radical (unpaired) electrons. The summed E-state index contributed by atoms with van der Waals surface area (Å²) in [4.78, 5) is 13.1. The van der Waals surface area contributed by atoms with Gasteiger partial charge in [0.1, 0.15) is 5.82 Å². The van der Waals surface area contributed by atoms with Gasteiger partial charge >= 0.3 is 0 Å². The van der Waals surface area contributed by atoms with Crippen LogP contribution in [0.3, 0.4) is 0 Å². The lowest BCUT2D eigenvalue weighted by Gasteiger charge is -2.08. The first-order valence-electron chi connectivity index (χ1n) is 7.07. The Kier molecular flexibility index (Phi) is 4.77. The first kappa shape index (κ1) is 15.3. The highest BCUT2D eigenvalue weighted by atomic mass is 32.2. The van der Waals surface area contributed by atoms with Crippen LogP contribution >= 0.6 is 11.8 Å². The molecular formula is C14H16N8S. The van der Waals surface area contributed by atoms with E-state index in [0.29, 0.717) is 5.82 Å². The van der Waals surface area contributed by atoms with Crippen molar-refractivity contribution in [2.24, 2.45) is 7.05 Å². The lowest BCUT2D eigenvalue weighted by Crippen LogP contribution is -2.08. The third kappa shape index (κ3) is 4.01. The number of nitrogens with zero attached hydrogens (tertiary/aromatic N) is 7. The minimum Gasteiger partial charge on any atom is -0.369 e. The van der Waals surface area contributed by atoms with Crippen LogP contribution in [0.1, 0.15) is 5.69 Å². The Morgan fingerprint density at radius 3 is 2.96 bits per heavy atom. The third-order valence-electron chi connectivity index (χ3n) is 2.99. The molecule has 0 saturated carbocycles. The van der Waals surface area contributed by atoms with Gasteiger partial charge in [0.05, 0.1) is 0 Å². The zero-order valence-electron chi connectivity index (χ0n) is 12.8. The van der Waals surface area contributed by atoms with Gasteiger partial charge in [-0.1, -0.05) is 11.8 Å². The van der Waals surface area contributed by atoms with Crippen LogP contribution in [0.25, 0.3) is 11.4 Å². The van der Waals surface area contributed by atoms with E-state index in [2.05, 4.69) is 35.8 Å². The van der Waals surface area contributed by atoms with Gasteiger partial charge in [0.25, 0.3) is 0 Å². The Labute approximate surface area is 137 Å². The molecule has 0 fully saturated rings. The van der Waals surface area contributed by atoms with Crippen molar-refractivity contribution in [3.63, 3.8) is 0 Å². The summed E-state index contributed by atoms with van der Waals surface area (Å²) in [7, 11) is 1.82. The van der Waals surface area contributed by atoms with Gasteiger partial charge in [-0.15, -0.1) is 5.10 Å². The fourth-order valence-electron chi connectivity index (χ4n) is 1.95. The molecule has 0 aromatic carbocycles. The lowest BCUT2D eigenvalue weighted by atomic mass is 10.2. The molecular weight excluding hydrogens is 312 g/mol. The monoisotopic (exact) mass is 328 g/mol. The normalized spacial score (nSPS) is 10.7. The summed E-state index contributed by atoms with van der Waals surface area (Å²) in [6.45, 7) is 2.70. The highest BCUT2D eigenvalue weighted by molar-refractivity contribution is 7.99. The second-order valence-corrected chi connectivity index (χ2v) is 5.88. The minimum absolute atomic E-state index is 0.672. The predicted molar refractivity (Wildman–Crippen MR) is 88.0 cm³/mol. The van der Waals surface area contributed by atoms with Crippen molar-refractivity contribution in [3.05, 3.63) is 36.3 Å². The predicted octanol–water partition coefficient (Wildman–Crippen LogP) is 1.57. The van der Waals surface area contributed by atoms with E-state index in [4.69, 9.17) is 0 Å². The summed E-state index contributed by atoms with van der Waals surface area (Å²) in [5, 5.41) is 15.4. The van der Waals surface area contributed by atoms with Crippen LogP contribution in [-0.4, -0.2) is 47.5 Å². The van der Waals surface area contributed by atoms with Crippen molar-refractivity contribution in [2.45, 2.75) is 12.1 Å². The number of rotatable bonds is 6. The smallest absolute Gasteiger partial charge is 0.209 e. The first-order chi connectivity index (χ1) is 11.2. The highest BCUT2D eigenvalue weighted by Crippen LogP contribution is 2.17. The standard InChI is InChI=1S/C14H16N8S/c1-10-8-12(16-6-7-23-14-19-20-21-22(14)2)18-13(17-10)11-4-3-5-15-9-11/h3-5,8-9H,6-7H2,1-2H3,(H,16,17,18). The Hall–Kier alpha value is -2.55. The van der Waals surface area contributed by atoms with Crippen molar-refractivity contribution < 1.29 is 0 Å². The molecule has 0 atom stereocenters. The van der Waals surface area contributed by atoms with Crippen LogP contribution in [0.2, 0.25) is 0 Å². The Morgan fingerprint density at radius 2 is 2.22 bits per heavy atom. The molecule has 3 aromatic rings. The van der Waals surface area contributed by atoms with Crippen LogP contribution in [-0.2, 0) is 7.05 Å². The van der Waals surface area contributed by atoms with Crippen LogP contribution in [0.4, 0.5) is 5.82 Å². The Bertz CT molecular complexity index is 773. The summed E-state index contributed by atoms with van der Waals surface area (Å²) in [5.41, 5.74) is 1.81. The quantitative estimate of drug-likeness (QED) is 0.538. The van der Waals surface area contributed by atoms with Crippen molar-refractivity contribution in [1.29, 1.82) is 0 Å². The molecule has 0 amide bonds. The van der Waals surface area contributed by atoms with E-state index in [0.717, 1.165) is 34.5 Å². The number of anilines is 1. The summed E-state index contributed by atoms with van der Waals surface area (Å²) in [6, 6.07) is 5.75. The SMILES string of the molecule is Cc1cc(NCCSc2nnnn2C)nc(-c2cccnc2)n1. The van der Waals surface area contributed by atoms with E-state index in [9.17, 15) is 0 Å². The zero-order chi connectivity index (χ0) is 16.1. The van der Waals surface area contributed by atoms with Crippen LogP contribution < -0.4 is 5.32 Å². The number of aromatic nitrogens is 7. The average molecular weight is 328 g/mol. The maximum Gasteiger partial charge on any atom is 0.209 e. The highest BCUT2D eigenvalue weighted by Gasteiger charge is 2.06. The van der Waals surface area contributed by atoms with Gasteiger partial charge in [-0.25, -0.2) is 14.6 Å². The molecule has 9 heteroatoms. The van der Waals surface area contributed by atoms with Crippen LogP contribution in [0.5, 0.6) is 0 Å². The number of hydrogen-bond donors (Lipinski definition) is 1. The molecule has 3 heterocycles. The number of tetrazole rings is 1. The topological polar surface area (TPSA) is 94.3 Å². The van der Waals surface area contributed by atoms with Gasteiger partial charge < -0.3 is 5.32 Å². The maximum absolute atomic E-state index is 4.54. The van der Waals surface area contributed by atoms with Gasteiger partial charge in [-0.2, -0.15) is 0 Å². The molecule has 0 spiro atoms. The van der Waals surface area contributed by atoms with E-state index in [1.807, 2.05) is 32.2 Å². The number of hydrogen-bond acceptors (Lipinski definition) is 8. The second-order valence-electron chi connectivity index (χ2n) is 4.82. The van der Waals surface area contributed by atoms with Crippen molar-refractivity contribution in [1.82, 2.24) is 35.2 Å². The summed E-state index contributed by atoms with van der Waals surface area (Å²) in [6.07, 6.45) is 3.49. The molecule has 23 heavy (non-hydrogen) atoms. The van der Waals surface area contributed by atoms with E-state index < -0.39 is 0 Å². The van der Waals surface area contributed by atoms with Crippen molar-refractivity contribution in [2.75, 3.05) is 17.6 Å². The first-order valence-corrected chi connectivity index (χ1v) is 8.06. The van der Waals surface area contributed by atoms with E-state index in [1.54, 1.807) is 28.8 Å².